The highest BCUT2D eigenvalue weighted by atomic mass is 16.5. The lowest BCUT2D eigenvalue weighted by atomic mass is 10.0. The Morgan fingerprint density at radius 3 is 2.50 bits per heavy atom. The standard InChI is InChI=1S/C12H13N3O3/c1-3-18-12(17)10(14-15-13)11(16)9-6-4-8(2)5-7-9/h4-7,10H,3H2,1-2H3. The lowest BCUT2D eigenvalue weighted by molar-refractivity contribution is -0.143. The first-order chi connectivity index (χ1) is 8.60. The van der Waals surface area contributed by atoms with Crippen molar-refractivity contribution >= 4 is 11.8 Å². The number of rotatable bonds is 5. The van der Waals surface area contributed by atoms with Crippen molar-refractivity contribution in [3.8, 4) is 0 Å². The van der Waals surface area contributed by atoms with Crippen LogP contribution in [0.3, 0.4) is 0 Å². The Hall–Kier alpha value is -2.33. The minimum Gasteiger partial charge on any atom is -0.465 e. The van der Waals surface area contributed by atoms with Crippen molar-refractivity contribution in [1.29, 1.82) is 0 Å². The van der Waals surface area contributed by atoms with Crippen molar-refractivity contribution in [1.82, 2.24) is 0 Å². The first kappa shape index (κ1) is 13.7. The fraction of sp³-hybridized carbons (Fsp3) is 0.333. The minimum atomic E-state index is -1.46. The summed E-state index contributed by atoms with van der Waals surface area (Å²) in [4.78, 5) is 26.0. The lowest BCUT2D eigenvalue weighted by Gasteiger charge is -2.09. The molecule has 0 amide bonds. The van der Waals surface area contributed by atoms with Crippen LogP contribution in [0.15, 0.2) is 29.4 Å². The van der Waals surface area contributed by atoms with E-state index in [9.17, 15) is 9.59 Å². The topological polar surface area (TPSA) is 92.1 Å². The largest absolute Gasteiger partial charge is 0.465 e. The van der Waals surface area contributed by atoms with Gasteiger partial charge in [0.25, 0.3) is 0 Å². The Labute approximate surface area is 104 Å². The lowest BCUT2D eigenvalue weighted by Crippen LogP contribution is -2.30. The number of aryl methyl sites for hydroxylation is 1. The van der Waals surface area contributed by atoms with E-state index in [2.05, 4.69) is 10.0 Å². The van der Waals surface area contributed by atoms with Gasteiger partial charge in [0, 0.05) is 10.5 Å². The molecule has 0 aromatic heterocycles. The van der Waals surface area contributed by atoms with Gasteiger partial charge in [0.15, 0.2) is 11.8 Å². The molecule has 0 saturated heterocycles. The Bertz CT molecular complexity index is 490. The van der Waals surface area contributed by atoms with Crippen molar-refractivity contribution in [2.45, 2.75) is 19.9 Å². The predicted molar refractivity (Wildman–Crippen MR) is 65.1 cm³/mol. The minimum absolute atomic E-state index is 0.122. The Kier molecular flexibility index (Phi) is 4.90. The van der Waals surface area contributed by atoms with E-state index in [0.29, 0.717) is 5.56 Å². The van der Waals surface area contributed by atoms with Gasteiger partial charge in [0.1, 0.15) is 0 Å². The van der Waals surface area contributed by atoms with Crippen LogP contribution in [0.25, 0.3) is 10.4 Å². The maximum Gasteiger partial charge on any atom is 0.322 e. The molecule has 6 nitrogen and oxygen atoms in total. The van der Waals surface area contributed by atoms with Gasteiger partial charge in [0.2, 0.25) is 0 Å². The van der Waals surface area contributed by atoms with Gasteiger partial charge >= 0.3 is 5.97 Å². The van der Waals surface area contributed by atoms with E-state index in [1.807, 2.05) is 6.92 Å². The number of esters is 1. The van der Waals surface area contributed by atoms with E-state index in [4.69, 9.17) is 10.3 Å². The second-order valence-corrected chi connectivity index (χ2v) is 3.59. The summed E-state index contributed by atoms with van der Waals surface area (Å²) < 4.78 is 4.70. The fourth-order valence-electron chi connectivity index (χ4n) is 1.36. The summed E-state index contributed by atoms with van der Waals surface area (Å²) in [6, 6.07) is 5.18. The Balaban J connectivity index is 2.99. The third-order valence-corrected chi connectivity index (χ3v) is 2.26. The van der Waals surface area contributed by atoms with Crippen molar-refractivity contribution in [3.05, 3.63) is 45.8 Å². The third-order valence-electron chi connectivity index (χ3n) is 2.26. The molecule has 0 heterocycles. The van der Waals surface area contributed by atoms with E-state index in [1.165, 1.54) is 0 Å². The van der Waals surface area contributed by atoms with E-state index in [1.54, 1.807) is 31.2 Å². The van der Waals surface area contributed by atoms with Gasteiger partial charge < -0.3 is 4.74 Å². The quantitative estimate of drug-likeness (QED) is 0.200. The van der Waals surface area contributed by atoms with E-state index < -0.39 is 17.8 Å². The molecule has 0 spiro atoms. The molecule has 18 heavy (non-hydrogen) atoms. The number of hydrogen-bond donors (Lipinski definition) is 0. The molecule has 1 unspecified atom stereocenters. The highest BCUT2D eigenvalue weighted by Crippen LogP contribution is 2.10. The normalized spacial score (nSPS) is 11.2. The maximum absolute atomic E-state index is 12.0. The highest BCUT2D eigenvalue weighted by molar-refractivity contribution is 6.12. The first-order valence-corrected chi connectivity index (χ1v) is 5.42. The summed E-state index contributed by atoms with van der Waals surface area (Å²) in [5.74, 6) is -1.40. The van der Waals surface area contributed by atoms with E-state index in [0.717, 1.165) is 5.56 Å². The summed E-state index contributed by atoms with van der Waals surface area (Å²) >= 11 is 0. The molecule has 0 aliphatic carbocycles. The number of benzene rings is 1. The van der Waals surface area contributed by atoms with Crippen molar-refractivity contribution in [2.24, 2.45) is 5.11 Å². The number of carbonyl (C=O) groups excluding carboxylic acids is 2. The van der Waals surface area contributed by atoms with Crippen LogP contribution in [0.1, 0.15) is 22.8 Å². The molecule has 0 fully saturated rings. The van der Waals surface area contributed by atoms with Crippen LogP contribution < -0.4 is 0 Å². The number of ether oxygens (including phenoxy) is 1. The summed E-state index contributed by atoms with van der Waals surface area (Å²) in [5.41, 5.74) is 9.69. The second kappa shape index (κ2) is 6.42. The maximum atomic E-state index is 12.0. The molecule has 1 rings (SSSR count). The smallest absolute Gasteiger partial charge is 0.322 e. The molecular formula is C12H13N3O3. The SMILES string of the molecule is CCOC(=O)C(N=[N+]=[N-])C(=O)c1ccc(C)cc1. The van der Waals surface area contributed by atoms with Gasteiger partial charge in [-0.2, -0.15) is 0 Å². The molecule has 0 N–H and O–H groups in total. The molecular weight excluding hydrogens is 234 g/mol. The summed E-state index contributed by atoms with van der Waals surface area (Å²) in [7, 11) is 0. The number of ketones is 1. The van der Waals surface area contributed by atoms with Crippen LogP contribution in [-0.2, 0) is 9.53 Å². The first-order valence-electron chi connectivity index (χ1n) is 5.42. The van der Waals surface area contributed by atoms with Crippen LogP contribution in [-0.4, -0.2) is 24.4 Å². The second-order valence-electron chi connectivity index (χ2n) is 3.59. The molecule has 1 aromatic rings. The van der Waals surface area contributed by atoms with Gasteiger partial charge in [-0.1, -0.05) is 34.9 Å². The van der Waals surface area contributed by atoms with E-state index in [-0.39, 0.29) is 6.61 Å². The van der Waals surface area contributed by atoms with Crippen molar-refractivity contribution in [3.63, 3.8) is 0 Å². The molecule has 0 radical (unpaired) electrons. The van der Waals surface area contributed by atoms with E-state index >= 15 is 0 Å². The molecule has 0 bridgehead atoms. The number of carbonyl (C=O) groups is 2. The van der Waals surface area contributed by atoms with Gasteiger partial charge in [0.05, 0.1) is 6.61 Å². The van der Waals surface area contributed by atoms with Crippen LogP contribution in [0.5, 0.6) is 0 Å². The van der Waals surface area contributed by atoms with Crippen LogP contribution in [0.2, 0.25) is 0 Å². The fourth-order valence-corrected chi connectivity index (χ4v) is 1.36. The number of hydrogen-bond acceptors (Lipinski definition) is 4. The van der Waals surface area contributed by atoms with Gasteiger partial charge in [-0.05, 0) is 19.4 Å². The monoisotopic (exact) mass is 247 g/mol. The average Bonchev–Trinajstić information content (AvgIpc) is 2.36. The van der Waals surface area contributed by atoms with Gasteiger partial charge in [-0.25, -0.2) is 0 Å². The highest BCUT2D eigenvalue weighted by Gasteiger charge is 2.27. The molecule has 6 heteroatoms. The third kappa shape index (κ3) is 3.33. The Morgan fingerprint density at radius 2 is 2.00 bits per heavy atom. The summed E-state index contributed by atoms with van der Waals surface area (Å²) in [6.07, 6.45) is 0. The summed E-state index contributed by atoms with van der Waals surface area (Å²) in [6.45, 7) is 3.61. The zero-order chi connectivity index (χ0) is 13.5. The number of nitrogens with zero attached hydrogens (tertiary/aromatic N) is 3. The predicted octanol–water partition coefficient (Wildman–Crippen LogP) is 2.42. The number of Topliss-reactive ketones (excluding diaryl/α,β-unsaturated/α-hetero) is 1. The van der Waals surface area contributed by atoms with Crippen LogP contribution >= 0.6 is 0 Å². The zero-order valence-corrected chi connectivity index (χ0v) is 10.2. The summed E-state index contributed by atoms with van der Waals surface area (Å²) in [5, 5.41) is 3.20. The molecule has 1 aromatic carbocycles. The molecule has 0 saturated carbocycles. The van der Waals surface area contributed by atoms with Gasteiger partial charge in [-0.15, -0.1) is 0 Å². The molecule has 1 atom stereocenters. The van der Waals surface area contributed by atoms with Gasteiger partial charge in [-0.3, -0.25) is 9.59 Å². The van der Waals surface area contributed by atoms with Crippen molar-refractivity contribution in [2.75, 3.05) is 6.61 Å². The average molecular weight is 247 g/mol. The zero-order valence-electron chi connectivity index (χ0n) is 10.2. The van der Waals surface area contributed by atoms with Crippen molar-refractivity contribution < 1.29 is 14.3 Å². The number of azide groups is 1. The molecule has 94 valence electrons. The molecule has 0 aliphatic rings. The molecule has 0 aliphatic heterocycles. The van der Waals surface area contributed by atoms with Crippen LogP contribution in [0, 0.1) is 6.92 Å². The van der Waals surface area contributed by atoms with Crippen LogP contribution in [0.4, 0.5) is 0 Å². The Morgan fingerprint density at radius 1 is 1.39 bits per heavy atom.